The smallest absolute Gasteiger partial charge is 0.331 e. The molecular weight excluding hydrogens is 408 g/mol. The molecule has 0 aliphatic heterocycles. The topological polar surface area (TPSA) is 61.2 Å². The molecule has 0 saturated heterocycles. The molecule has 0 saturated carbocycles. The van der Waals surface area contributed by atoms with Crippen LogP contribution in [0.3, 0.4) is 0 Å². The van der Waals surface area contributed by atoms with E-state index in [0.717, 1.165) is 22.4 Å². The Morgan fingerprint density at radius 2 is 1.71 bits per heavy atom. The minimum Gasteiger partial charge on any atom is -0.464 e. The summed E-state index contributed by atoms with van der Waals surface area (Å²) in [5.41, 5.74) is 1.86. The maximum Gasteiger partial charge on any atom is 0.331 e. The summed E-state index contributed by atoms with van der Waals surface area (Å²) in [5.74, 6) is 0.0671. The summed E-state index contributed by atoms with van der Waals surface area (Å²) < 4.78 is 6.72. The quantitative estimate of drug-likeness (QED) is 0.485. The van der Waals surface area contributed by atoms with E-state index in [0.29, 0.717) is 16.0 Å². The highest BCUT2D eigenvalue weighted by atomic mass is 32.1. The molecular formula is C25H32N2O3S. The van der Waals surface area contributed by atoms with E-state index < -0.39 is 11.5 Å². The molecule has 0 aliphatic rings. The van der Waals surface area contributed by atoms with E-state index >= 15 is 0 Å². The van der Waals surface area contributed by atoms with Crippen LogP contribution in [-0.4, -0.2) is 22.1 Å². The first-order valence-corrected chi connectivity index (χ1v) is 11.6. The Morgan fingerprint density at radius 3 is 2.23 bits per heavy atom. The number of thiophene rings is 1. The highest BCUT2D eigenvalue weighted by molar-refractivity contribution is 7.19. The Bertz CT molecular complexity index is 1180. The zero-order chi connectivity index (χ0) is 23.1. The predicted molar refractivity (Wildman–Crippen MR) is 128 cm³/mol. The predicted octanol–water partition coefficient (Wildman–Crippen LogP) is 5.59. The molecule has 1 aromatic carbocycles. The van der Waals surface area contributed by atoms with E-state index in [4.69, 9.17) is 9.72 Å². The van der Waals surface area contributed by atoms with Crippen LogP contribution in [0.2, 0.25) is 0 Å². The number of esters is 1. The van der Waals surface area contributed by atoms with Gasteiger partial charge < -0.3 is 4.74 Å². The van der Waals surface area contributed by atoms with Gasteiger partial charge in [-0.25, -0.2) is 9.78 Å². The molecule has 0 amide bonds. The zero-order valence-corrected chi connectivity index (χ0v) is 20.6. The first-order valence-electron chi connectivity index (χ1n) is 10.8. The molecule has 3 rings (SSSR count). The first kappa shape index (κ1) is 23.2. The van der Waals surface area contributed by atoms with E-state index in [1.54, 1.807) is 39.0 Å². The fourth-order valence-electron chi connectivity index (χ4n) is 3.95. The second-order valence-corrected chi connectivity index (χ2v) is 10.4. The molecule has 0 spiro atoms. The monoisotopic (exact) mass is 440 g/mol. The number of aryl methyl sites for hydroxylation is 2. The van der Waals surface area contributed by atoms with Crippen molar-refractivity contribution < 1.29 is 9.53 Å². The number of nitrogens with zero attached hydrogens (tertiary/aromatic N) is 2. The molecule has 0 bridgehead atoms. The van der Waals surface area contributed by atoms with E-state index in [9.17, 15) is 9.59 Å². The van der Waals surface area contributed by atoms with Gasteiger partial charge in [0.2, 0.25) is 0 Å². The summed E-state index contributed by atoms with van der Waals surface area (Å²) in [7, 11) is 0. The summed E-state index contributed by atoms with van der Waals surface area (Å²) in [4.78, 5) is 33.0. The maximum atomic E-state index is 13.8. The summed E-state index contributed by atoms with van der Waals surface area (Å²) in [6.07, 6.45) is 0.803. The Kier molecular flexibility index (Phi) is 6.16. The number of benzene rings is 1. The lowest BCUT2D eigenvalue weighted by Crippen LogP contribution is -2.45. The largest absolute Gasteiger partial charge is 0.464 e. The van der Waals surface area contributed by atoms with Crippen molar-refractivity contribution in [3.63, 3.8) is 0 Å². The van der Waals surface area contributed by atoms with Crippen LogP contribution in [0, 0.1) is 6.92 Å². The lowest BCUT2D eigenvalue weighted by Gasteiger charge is -2.26. The van der Waals surface area contributed by atoms with Crippen molar-refractivity contribution in [2.75, 3.05) is 6.61 Å². The Morgan fingerprint density at radius 1 is 1.10 bits per heavy atom. The summed E-state index contributed by atoms with van der Waals surface area (Å²) in [6.45, 7) is 15.8. The molecule has 0 N–H and O–H groups in total. The average molecular weight is 441 g/mol. The van der Waals surface area contributed by atoms with Gasteiger partial charge in [0.05, 0.1) is 12.0 Å². The van der Waals surface area contributed by atoms with Gasteiger partial charge in [0, 0.05) is 10.4 Å². The van der Waals surface area contributed by atoms with Crippen molar-refractivity contribution in [3.8, 4) is 11.1 Å². The summed E-state index contributed by atoms with van der Waals surface area (Å²) in [5, 5.41) is 0.577. The van der Waals surface area contributed by atoms with E-state index in [2.05, 4.69) is 52.0 Å². The standard InChI is InChI=1S/C25H32N2O3S/c1-9-18-19(16-11-13-17(14-12-16)24(4,5)6)20-21(31-18)26-15(3)27(22(20)28)25(7,8)23(29)30-10-2/h11-14H,9-10H2,1-8H3. The second-order valence-electron chi connectivity index (χ2n) is 9.34. The third kappa shape index (κ3) is 4.05. The lowest BCUT2D eigenvalue weighted by atomic mass is 9.86. The Hall–Kier alpha value is -2.47. The van der Waals surface area contributed by atoms with Crippen LogP contribution in [0.15, 0.2) is 29.1 Å². The van der Waals surface area contributed by atoms with Gasteiger partial charge >= 0.3 is 5.97 Å². The van der Waals surface area contributed by atoms with Crippen molar-refractivity contribution in [1.82, 2.24) is 9.55 Å². The van der Waals surface area contributed by atoms with Gasteiger partial charge in [-0.05, 0) is 50.7 Å². The molecule has 0 aliphatic carbocycles. The van der Waals surface area contributed by atoms with Crippen LogP contribution in [0.5, 0.6) is 0 Å². The van der Waals surface area contributed by atoms with E-state index in [-0.39, 0.29) is 17.6 Å². The number of hydrogen-bond acceptors (Lipinski definition) is 5. The zero-order valence-electron chi connectivity index (χ0n) is 19.8. The van der Waals surface area contributed by atoms with Crippen LogP contribution in [0.25, 0.3) is 21.3 Å². The van der Waals surface area contributed by atoms with Crippen LogP contribution in [-0.2, 0) is 26.9 Å². The molecule has 0 fully saturated rings. The van der Waals surface area contributed by atoms with Crippen LogP contribution in [0.4, 0.5) is 0 Å². The average Bonchev–Trinajstić information content (AvgIpc) is 3.06. The number of ether oxygens (including phenoxy) is 1. The SMILES string of the molecule is CCOC(=O)C(C)(C)n1c(C)nc2sc(CC)c(-c3ccc(C(C)(C)C)cc3)c2c1=O. The molecule has 5 nitrogen and oxygen atoms in total. The second kappa shape index (κ2) is 8.23. The van der Waals surface area contributed by atoms with E-state index in [1.165, 1.54) is 10.1 Å². The van der Waals surface area contributed by atoms with Crippen LogP contribution < -0.4 is 5.56 Å². The van der Waals surface area contributed by atoms with Crippen molar-refractivity contribution in [2.45, 2.75) is 72.8 Å². The minimum atomic E-state index is -1.15. The van der Waals surface area contributed by atoms with Gasteiger partial charge in [0.1, 0.15) is 16.2 Å². The molecule has 31 heavy (non-hydrogen) atoms. The van der Waals surface area contributed by atoms with Gasteiger partial charge in [0.25, 0.3) is 5.56 Å². The molecule has 0 unspecified atom stereocenters. The molecule has 2 aromatic heterocycles. The minimum absolute atomic E-state index is 0.0534. The molecule has 6 heteroatoms. The van der Waals surface area contributed by atoms with Gasteiger partial charge in [-0.2, -0.15) is 0 Å². The van der Waals surface area contributed by atoms with Crippen molar-refractivity contribution >= 4 is 27.5 Å². The van der Waals surface area contributed by atoms with Crippen molar-refractivity contribution in [2.24, 2.45) is 0 Å². The Labute approximate surface area is 188 Å². The van der Waals surface area contributed by atoms with Gasteiger partial charge in [-0.1, -0.05) is 52.0 Å². The normalized spacial score (nSPS) is 12.4. The maximum absolute atomic E-state index is 13.8. The number of fused-ring (bicyclic) bond motifs is 1. The fraction of sp³-hybridized carbons (Fsp3) is 0.480. The molecule has 166 valence electrons. The number of carbonyl (C=O) groups excluding carboxylic acids is 1. The fourth-order valence-corrected chi connectivity index (χ4v) is 5.12. The highest BCUT2D eigenvalue weighted by Crippen LogP contribution is 2.38. The lowest BCUT2D eigenvalue weighted by molar-refractivity contribution is -0.152. The Balaban J connectivity index is 2.31. The van der Waals surface area contributed by atoms with Crippen molar-refractivity contribution in [3.05, 3.63) is 50.9 Å². The van der Waals surface area contributed by atoms with Crippen LogP contribution in [0.1, 0.15) is 64.7 Å². The summed E-state index contributed by atoms with van der Waals surface area (Å²) in [6, 6.07) is 8.42. The van der Waals surface area contributed by atoms with Gasteiger partial charge in [0.15, 0.2) is 0 Å². The molecule has 0 atom stereocenters. The first-order chi connectivity index (χ1) is 14.4. The van der Waals surface area contributed by atoms with Gasteiger partial charge in [-0.15, -0.1) is 11.3 Å². The van der Waals surface area contributed by atoms with E-state index in [1.807, 2.05) is 0 Å². The number of carbonyl (C=O) groups is 1. The summed E-state index contributed by atoms with van der Waals surface area (Å²) >= 11 is 1.55. The third-order valence-corrected chi connectivity index (χ3v) is 6.89. The molecule has 3 aromatic rings. The van der Waals surface area contributed by atoms with Crippen LogP contribution >= 0.6 is 11.3 Å². The highest BCUT2D eigenvalue weighted by Gasteiger charge is 2.35. The molecule has 2 heterocycles. The number of rotatable bonds is 5. The van der Waals surface area contributed by atoms with Crippen molar-refractivity contribution in [1.29, 1.82) is 0 Å². The molecule has 0 radical (unpaired) electrons. The van der Waals surface area contributed by atoms with Gasteiger partial charge in [-0.3, -0.25) is 9.36 Å². The number of hydrogen-bond donors (Lipinski definition) is 0. The number of aromatic nitrogens is 2. The third-order valence-electron chi connectivity index (χ3n) is 5.66.